The van der Waals surface area contributed by atoms with Crippen LogP contribution in [0, 0.1) is 0 Å². The lowest BCUT2D eigenvalue weighted by Gasteiger charge is -2.36. The van der Waals surface area contributed by atoms with Crippen LogP contribution in [0.5, 0.6) is 17.2 Å². The van der Waals surface area contributed by atoms with Crippen LogP contribution in [-0.4, -0.2) is 26.2 Å². The second-order valence-corrected chi connectivity index (χ2v) is 12.7. The lowest BCUT2D eigenvalue weighted by molar-refractivity contribution is -0.305. The van der Waals surface area contributed by atoms with E-state index in [-0.39, 0.29) is 19.4 Å². The molecule has 6 aromatic rings. The molecule has 8 heteroatoms. The third-order valence-electron chi connectivity index (χ3n) is 9.10. The average Bonchev–Trinajstić information content (AvgIpc) is 3.23. The number of carboxylic acid groups (broad SMARTS) is 1. The van der Waals surface area contributed by atoms with Crippen LogP contribution in [0.15, 0.2) is 152 Å². The first-order valence-electron chi connectivity index (χ1n) is 17.6. The molecule has 0 spiro atoms. The molecular formula is C46H41O8-. The van der Waals surface area contributed by atoms with E-state index in [2.05, 4.69) is 60.7 Å². The number of rotatable bonds is 17. The van der Waals surface area contributed by atoms with Crippen molar-refractivity contribution in [3.63, 3.8) is 0 Å². The molecule has 6 aromatic carbocycles. The van der Waals surface area contributed by atoms with Crippen molar-refractivity contribution in [2.24, 2.45) is 0 Å². The number of hydrogen-bond donors (Lipinski definition) is 0. The third-order valence-corrected chi connectivity index (χ3v) is 9.10. The van der Waals surface area contributed by atoms with E-state index in [1.807, 2.05) is 91.0 Å². The van der Waals surface area contributed by atoms with Gasteiger partial charge >= 0.3 is 5.97 Å². The monoisotopic (exact) mass is 721 g/mol. The van der Waals surface area contributed by atoms with E-state index < -0.39 is 17.5 Å². The lowest BCUT2D eigenvalue weighted by Crippen LogP contribution is -2.32. The molecule has 0 saturated heterocycles. The fraction of sp³-hybridized carbons (Fsp3) is 0.174. The largest absolute Gasteiger partial charge is 0.550 e. The van der Waals surface area contributed by atoms with E-state index in [4.69, 9.17) is 23.7 Å². The van der Waals surface area contributed by atoms with Gasteiger partial charge in [0.05, 0.1) is 27.2 Å². The second kappa shape index (κ2) is 17.9. The molecule has 0 N–H and O–H groups in total. The first-order chi connectivity index (χ1) is 26.4. The molecule has 0 radical (unpaired) electrons. The van der Waals surface area contributed by atoms with Crippen molar-refractivity contribution in [3.05, 3.63) is 185 Å². The maximum absolute atomic E-state index is 11.8. The predicted octanol–water partition coefficient (Wildman–Crippen LogP) is 8.03. The van der Waals surface area contributed by atoms with Crippen LogP contribution in [0.2, 0.25) is 0 Å². The molecular weight excluding hydrogens is 680 g/mol. The molecule has 0 aliphatic rings. The average molecular weight is 722 g/mol. The van der Waals surface area contributed by atoms with Gasteiger partial charge in [0, 0.05) is 5.97 Å². The van der Waals surface area contributed by atoms with E-state index in [9.17, 15) is 14.7 Å². The van der Waals surface area contributed by atoms with Crippen molar-refractivity contribution < 1.29 is 38.4 Å². The number of esters is 1. The zero-order valence-corrected chi connectivity index (χ0v) is 30.2. The van der Waals surface area contributed by atoms with Gasteiger partial charge in [-0.1, -0.05) is 109 Å². The van der Waals surface area contributed by atoms with Crippen LogP contribution in [0.3, 0.4) is 0 Å². The highest BCUT2D eigenvalue weighted by molar-refractivity contribution is 5.75. The van der Waals surface area contributed by atoms with Crippen molar-refractivity contribution in [1.29, 1.82) is 0 Å². The molecule has 274 valence electrons. The zero-order valence-electron chi connectivity index (χ0n) is 30.2. The Morgan fingerprint density at radius 1 is 0.519 bits per heavy atom. The molecule has 6 rings (SSSR count). The maximum Gasteiger partial charge on any atom is 0.306 e. The molecule has 0 heterocycles. The van der Waals surface area contributed by atoms with Gasteiger partial charge < -0.3 is 33.6 Å². The van der Waals surface area contributed by atoms with Crippen molar-refractivity contribution in [2.45, 2.75) is 38.3 Å². The number of carbonyl (C=O) groups is 2. The zero-order chi connectivity index (χ0) is 37.8. The van der Waals surface area contributed by atoms with Crippen LogP contribution in [0.4, 0.5) is 0 Å². The molecule has 0 aliphatic heterocycles. The molecule has 0 unspecified atom stereocenters. The number of aliphatic carboxylic acids is 1. The Labute approximate surface area is 315 Å². The molecule has 0 saturated carbocycles. The normalized spacial score (nSPS) is 11.1. The summed E-state index contributed by atoms with van der Waals surface area (Å²) in [6.45, 7) is 0.739. The summed E-state index contributed by atoms with van der Waals surface area (Å²) >= 11 is 0. The Hall–Kier alpha value is -6.38. The standard InChI is InChI=1S/C46H42O8/c1-50-41-23-17-39(18-24-41)46(38-9-4-3-5-10-38,40-19-25-42(51-2)26-20-40)54-32-33-11-13-36(14-12-33)37-15-21-43(22-16-37)52-30-34-7-6-8-35(29-34)31-53-45(49)28-27-44(47)48/h3-26,29H,27-28,30-32H2,1-2H3,(H,47,48)/p-1. The summed E-state index contributed by atoms with van der Waals surface area (Å²) in [4.78, 5) is 22.3. The molecule has 0 aliphatic carbocycles. The first-order valence-corrected chi connectivity index (χ1v) is 17.6. The second-order valence-electron chi connectivity index (χ2n) is 12.7. The van der Waals surface area contributed by atoms with Gasteiger partial charge in [-0.2, -0.15) is 0 Å². The smallest absolute Gasteiger partial charge is 0.306 e. The number of carboxylic acids is 1. The van der Waals surface area contributed by atoms with Gasteiger partial charge in [-0.25, -0.2) is 0 Å². The Morgan fingerprint density at radius 2 is 1.04 bits per heavy atom. The Morgan fingerprint density at radius 3 is 1.59 bits per heavy atom. The van der Waals surface area contributed by atoms with Crippen molar-refractivity contribution >= 4 is 11.9 Å². The molecule has 8 nitrogen and oxygen atoms in total. The van der Waals surface area contributed by atoms with Crippen LogP contribution < -0.4 is 19.3 Å². The van der Waals surface area contributed by atoms with Gasteiger partial charge in [0.1, 0.15) is 36.1 Å². The van der Waals surface area contributed by atoms with Crippen LogP contribution in [-0.2, 0) is 44.5 Å². The van der Waals surface area contributed by atoms with E-state index in [0.29, 0.717) is 13.2 Å². The van der Waals surface area contributed by atoms with Gasteiger partial charge in [-0.15, -0.1) is 0 Å². The first kappa shape index (κ1) is 37.4. The van der Waals surface area contributed by atoms with Crippen molar-refractivity contribution in [1.82, 2.24) is 0 Å². The molecule has 54 heavy (non-hydrogen) atoms. The number of ether oxygens (including phenoxy) is 5. The van der Waals surface area contributed by atoms with Crippen molar-refractivity contribution in [2.75, 3.05) is 14.2 Å². The minimum Gasteiger partial charge on any atom is -0.550 e. The fourth-order valence-electron chi connectivity index (χ4n) is 6.22. The predicted molar refractivity (Wildman–Crippen MR) is 204 cm³/mol. The van der Waals surface area contributed by atoms with Gasteiger partial charge in [-0.3, -0.25) is 4.79 Å². The summed E-state index contributed by atoms with van der Waals surface area (Å²) in [5.41, 5.74) is 6.86. The quantitative estimate of drug-likeness (QED) is 0.0689. The number of benzene rings is 6. The Bertz CT molecular complexity index is 2060. The fourth-order valence-corrected chi connectivity index (χ4v) is 6.22. The summed E-state index contributed by atoms with van der Waals surface area (Å²) in [6, 6.07) is 50.1. The lowest BCUT2D eigenvalue weighted by atomic mass is 9.80. The summed E-state index contributed by atoms with van der Waals surface area (Å²) < 4.78 is 29.2. The van der Waals surface area contributed by atoms with E-state index in [1.54, 1.807) is 14.2 Å². The van der Waals surface area contributed by atoms with Gasteiger partial charge in [0.25, 0.3) is 0 Å². The third kappa shape index (κ3) is 9.34. The molecule has 0 amide bonds. The SMILES string of the molecule is COc1ccc(C(OCc2ccc(-c3ccc(OCc4cccc(COC(=O)CCC(=O)[O-])c4)cc3)cc2)(c2ccccc2)c2ccc(OC)cc2)cc1. The highest BCUT2D eigenvalue weighted by Crippen LogP contribution is 2.42. The van der Waals surface area contributed by atoms with Crippen LogP contribution in [0.1, 0.15) is 46.2 Å². The van der Waals surface area contributed by atoms with E-state index in [0.717, 1.165) is 61.8 Å². The van der Waals surface area contributed by atoms with E-state index >= 15 is 0 Å². The van der Waals surface area contributed by atoms with Gasteiger partial charge in [-0.05, 0) is 93.4 Å². The number of carbonyl (C=O) groups excluding carboxylic acids is 2. The maximum atomic E-state index is 11.8. The van der Waals surface area contributed by atoms with Gasteiger partial charge in [0.15, 0.2) is 0 Å². The van der Waals surface area contributed by atoms with E-state index in [1.165, 1.54) is 0 Å². The highest BCUT2D eigenvalue weighted by Gasteiger charge is 2.38. The summed E-state index contributed by atoms with van der Waals surface area (Å²) in [6.07, 6.45) is -0.578. The molecule has 0 fully saturated rings. The summed E-state index contributed by atoms with van der Waals surface area (Å²) in [7, 11) is 3.32. The summed E-state index contributed by atoms with van der Waals surface area (Å²) in [5, 5.41) is 10.6. The number of hydrogen-bond acceptors (Lipinski definition) is 8. The van der Waals surface area contributed by atoms with Crippen LogP contribution >= 0.6 is 0 Å². The molecule has 0 bridgehead atoms. The highest BCUT2D eigenvalue weighted by atomic mass is 16.5. The van der Waals surface area contributed by atoms with Crippen LogP contribution in [0.25, 0.3) is 11.1 Å². The van der Waals surface area contributed by atoms with Crippen molar-refractivity contribution in [3.8, 4) is 28.4 Å². The topological polar surface area (TPSA) is 103 Å². The Balaban J connectivity index is 1.13. The number of methoxy groups -OCH3 is 2. The Kier molecular flexibility index (Phi) is 12.4. The minimum absolute atomic E-state index is 0.0541. The molecule has 0 aromatic heterocycles. The van der Waals surface area contributed by atoms with Gasteiger partial charge in [0.2, 0.25) is 0 Å². The summed E-state index contributed by atoms with van der Waals surface area (Å²) in [5.74, 6) is 0.394. The molecule has 0 atom stereocenters. The minimum atomic E-state index is -1.28.